The van der Waals surface area contributed by atoms with Gasteiger partial charge in [0, 0.05) is 44.0 Å². The van der Waals surface area contributed by atoms with Crippen molar-refractivity contribution in [2.45, 2.75) is 20.0 Å². The third-order valence-corrected chi connectivity index (χ3v) is 3.99. The molecule has 1 aromatic carbocycles. The topological polar surface area (TPSA) is 93.9 Å². The summed E-state index contributed by atoms with van der Waals surface area (Å²) in [5.74, 6) is -0.0236. The van der Waals surface area contributed by atoms with E-state index in [4.69, 9.17) is 9.47 Å². The van der Waals surface area contributed by atoms with Gasteiger partial charge in [0.15, 0.2) is 0 Å². The molecule has 8 heteroatoms. The molecule has 0 amide bonds. The highest BCUT2D eigenvalue weighted by Gasteiger charge is 2.22. The summed E-state index contributed by atoms with van der Waals surface area (Å²) in [6.45, 7) is 8.29. The van der Waals surface area contributed by atoms with E-state index in [1.807, 2.05) is 0 Å². The van der Waals surface area contributed by atoms with Crippen molar-refractivity contribution in [2.24, 2.45) is 5.92 Å². The summed E-state index contributed by atoms with van der Waals surface area (Å²) < 4.78 is 10.5. The van der Waals surface area contributed by atoms with Crippen molar-refractivity contribution in [3.8, 4) is 0 Å². The second kappa shape index (κ2) is 8.77. The second-order valence-corrected chi connectivity index (χ2v) is 6.51. The van der Waals surface area contributed by atoms with E-state index >= 15 is 0 Å². The van der Waals surface area contributed by atoms with Gasteiger partial charge in [-0.05, 0) is 12.0 Å². The molecule has 1 aliphatic rings. The minimum Gasteiger partial charge on any atom is -0.465 e. The number of benzene rings is 1. The Bertz CT molecular complexity index is 620. The van der Waals surface area contributed by atoms with E-state index in [1.165, 1.54) is 25.3 Å². The van der Waals surface area contributed by atoms with Crippen LogP contribution in [0.25, 0.3) is 0 Å². The average molecular weight is 351 g/mol. The number of carbonyl (C=O) groups is 1. The Kier molecular flexibility index (Phi) is 6.72. The van der Waals surface area contributed by atoms with E-state index in [2.05, 4.69) is 24.1 Å². The molecule has 1 N–H and O–H groups in total. The van der Waals surface area contributed by atoms with Gasteiger partial charge in [0.2, 0.25) is 0 Å². The number of anilines is 1. The van der Waals surface area contributed by atoms with E-state index in [1.54, 1.807) is 0 Å². The standard InChI is InChI=1S/C17H25N3O5/c1-12(2)10-19-6-7-25-14(11-19)9-18-16-5-4-13(20(22)23)8-15(16)17(21)24-3/h4-5,8,12,14,18H,6-7,9-11H2,1-3H3. The highest BCUT2D eigenvalue weighted by Crippen LogP contribution is 2.23. The van der Waals surface area contributed by atoms with E-state index in [-0.39, 0.29) is 17.4 Å². The minimum atomic E-state index is -0.614. The monoisotopic (exact) mass is 351 g/mol. The molecule has 1 aliphatic heterocycles. The maximum absolute atomic E-state index is 11.9. The quantitative estimate of drug-likeness (QED) is 0.457. The lowest BCUT2D eigenvalue weighted by Gasteiger charge is -2.34. The molecule has 25 heavy (non-hydrogen) atoms. The van der Waals surface area contributed by atoms with Gasteiger partial charge >= 0.3 is 5.97 Å². The van der Waals surface area contributed by atoms with Crippen LogP contribution in [0.15, 0.2) is 18.2 Å². The van der Waals surface area contributed by atoms with Crippen molar-refractivity contribution < 1.29 is 19.2 Å². The maximum atomic E-state index is 11.9. The summed E-state index contributed by atoms with van der Waals surface area (Å²) in [6.07, 6.45) is -0.00631. The van der Waals surface area contributed by atoms with E-state index in [9.17, 15) is 14.9 Å². The SMILES string of the molecule is COC(=O)c1cc([N+](=O)[O-])ccc1NCC1CN(CC(C)C)CCO1. The Morgan fingerprint density at radius 3 is 2.92 bits per heavy atom. The number of carbonyl (C=O) groups excluding carboxylic acids is 1. The molecule has 138 valence electrons. The number of nitro groups is 1. The molecule has 0 aromatic heterocycles. The van der Waals surface area contributed by atoms with Crippen LogP contribution in [-0.2, 0) is 9.47 Å². The molecule has 0 bridgehead atoms. The zero-order chi connectivity index (χ0) is 18.4. The number of nitro benzene ring substituents is 1. The van der Waals surface area contributed by atoms with E-state index in [0.29, 0.717) is 24.8 Å². The van der Waals surface area contributed by atoms with E-state index in [0.717, 1.165) is 19.6 Å². The summed E-state index contributed by atoms with van der Waals surface area (Å²) in [5.41, 5.74) is 0.497. The number of non-ortho nitro benzene ring substituents is 1. The Hall–Kier alpha value is -2.19. The average Bonchev–Trinajstić information content (AvgIpc) is 2.58. The lowest BCUT2D eigenvalue weighted by molar-refractivity contribution is -0.384. The van der Waals surface area contributed by atoms with Gasteiger partial charge in [-0.3, -0.25) is 15.0 Å². The molecule has 1 saturated heterocycles. The summed E-state index contributed by atoms with van der Waals surface area (Å²) in [5, 5.41) is 14.1. The van der Waals surface area contributed by atoms with Gasteiger partial charge in [-0.15, -0.1) is 0 Å². The lowest BCUT2D eigenvalue weighted by atomic mass is 10.1. The van der Waals surface area contributed by atoms with Crippen LogP contribution in [0.2, 0.25) is 0 Å². The van der Waals surface area contributed by atoms with Crippen LogP contribution in [0.1, 0.15) is 24.2 Å². The number of ether oxygens (including phenoxy) is 2. The molecule has 8 nitrogen and oxygen atoms in total. The van der Waals surface area contributed by atoms with Gasteiger partial charge in [0.05, 0.1) is 30.3 Å². The Morgan fingerprint density at radius 2 is 2.28 bits per heavy atom. The number of esters is 1. The summed E-state index contributed by atoms with van der Waals surface area (Å²) in [7, 11) is 1.25. The molecule has 1 fully saturated rings. The van der Waals surface area contributed by atoms with Crippen LogP contribution in [-0.4, -0.2) is 61.8 Å². The molecule has 1 heterocycles. The maximum Gasteiger partial charge on any atom is 0.340 e. The number of morpholine rings is 1. The third kappa shape index (κ3) is 5.40. The number of methoxy groups -OCH3 is 1. The normalized spacial score (nSPS) is 18.2. The van der Waals surface area contributed by atoms with Crippen LogP contribution in [0.3, 0.4) is 0 Å². The predicted octanol–water partition coefficient (Wildman–Crippen LogP) is 2.15. The van der Waals surface area contributed by atoms with Gasteiger partial charge in [-0.1, -0.05) is 13.8 Å². The van der Waals surface area contributed by atoms with Crippen molar-refractivity contribution in [3.05, 3.63) is 33.9 Å². The highest BCUT2D eigenvalue weighted by atomic mass is 16.6. The van der Waals surface area contributed by atoms with Crippen LogP contribution < -0.4 is 5.32 Å². The molecule has 0 aliphatic carbocycles. The first-order valence-electron chi connectivity index (χ1n) is 8.35. The summed E-state index contributed by atoms with van der Waals surface area (Å²) >= 11 is 0. The zero-order valence-electron chi connectivity index (χ0n) is 14.9. The van der Waals surface area contributed by atoms with Crippen molar-refractivity contribution in [1.29, 1.82) is 0 Å². The molecule has 1 atom stereocenters. The minimum absolute atomic E-state index is 0.00631. The van der Waals surface area contributed by atoms with Crippen molar-refractivity contribution in [1.82, 2.24) is 4.90 Å². The first-order chi connectivity index (χ1) is 11.9. The van der Waals surface area contributed by atoms with Gasteiger partial charge < -0.3 is 14.8 Å². The predicted molar refractivity (Wildman–Crippen MR) is 93.9 cm³/mol. The molecular weight excluding hydrogens is 326 g/mol. The molecule has 0 saturated carbocycles. The molecule has 1 unspecified atom stereocenters. The summed E-state index contributed by atoms with van der Waals surface area (Å²) in [4.78, 5) is 24.6. The van der Waals surface area contributed by atoms with Crippen LogP contribution in [0.4, 0.5) is 11.4 Å². The van der Waals surface area contributed by atoms with Crippen LogP contribution >= 0.6 is 0 Å². The van der Waals surface area contributed by atoms with Crippen molar-refractivity contribution in [3.63, 3.8) is 0 Å². The Balaban J connectivity index is 2.04. The van der Waals surface area contributed by atoms with Gasteiger partial charge in [0.25, 0.3) is 5.69 Å². The molecule has 1 aromatic rings. The van der Waals surface area contributed by atoms with Gasteiger partial charge in [-0.2, -0.15) is 0 Å². The number of rotatable bonds is 7. The number of hydrogen-bond acceptors (Lipinski definition) is 7. The Morgan fingerprint density at radius 1 is 1.52 bits per heavy atom. The second-order valence-electron chi connectivity index (χ2n) is 6.51. The third-order valence-electron chi connectivity index (χ3n) is 3.99. The Labute approximate surface area is 147 Å². The van der Waals surface area contributed by atoms with Gasteiger partial charge in [-0.25, -0.2) is 4.79 Å². The lowest BCUT2D eigenvalue weighted by Crippen LogP contribution is -2.46. The molecule has 2 rings (SSSR count). The van der Waals surface area contributed by atoms with Crippen LogP contribution in [0.5, 0.6) is 0 Å². The van der Waals surface area contributed by atoms with Crippen LogP contribution in [0, 0.1) is 16.0 Å². The number of nitrogens with one attached hydrogen (secondary N) is 1. The van der Waals surface area contributed by atoms with Crippen molar-refractivity contribution >= 4 is 17.3 Å². The largest absolute Gasteiger partial charge is 0.465 e. The summed E-state index contributed by atoms with van der Waals surface area (Å²) in [6, 6.07) is 4.11. The molecule has 0 radical (unpaired) electrons. The number of hydrogen-bond donors (Lipinski definition) is 1. The fraction of sp³-hybridized carbons (Fsp3) is 0.588. The van der Waals surface area contributed by atoms with E-state index < -0.39 is 10.9 Å². The number of nitrogens with zero attached hydrogens (tertiary/aromatic N) is 2. The van der Waals surface area contributed by atoms with Crippen molar-refractivity contribution in [2.75, 3.05) is 45.2 Å². The first-order valence-corrected chi connectivity index (χ1v) is 8.35. The molecule has 0 spiro atoms. The first kappa shape index (κ1) is 19.1. The zero-order valence-corrected chi connectivity index (χ0v) is 14.9. The van der Waals surface area contributed by atoms with Gasteiger partial charge in [0.1, 0.15) is 0 Å². The molecular formula is C17H25N3O5. The smallest absolute Gasteiger partial charge is 0.340 e. The fourth-order valence-electron chi connectivity index (χ4n) is 2.89. The highest BCUT2D eigenvalue weighted by molar-refractivity contribution is 5.96. The fourth-order valence-corrected chi connectivity index (χ4v) is 2.89.